The smallest absolute Gasteiger partial charge is 0.416 e. The van der Waals surface area contributed by atoms with Crippen molar-refractivity contribution in [2.75, 3.05) is 13.7 Å². The molecule has 0 radical (unpaired) electrons. The van der Waals surface area contributed by atoms with Crippen LogP contribution in [0.25, 0.3) is 10.6 Å². The number of hydrogen-bond donors (Lipinski definition) is 0. The molecule has 0 bridgehead atoms. The van der Waals surface area contributed by atoms with Gasteiger partial charge in [0.15, 0.2) is 0 Å². The van der Waals surface area contributed by atoms with Crippen molar-refractivity contribution in [3.63, 3.8) is 0 Å². The molecular formula is C13H13F3N2O2S. The average molecular weight is 318 g/mol. The van der Waals surface area contributed by atoms with E-state index in [9.17, 15) is 18.4 Å². The van der Waals surface area contributed by atoms with Crippen molar-refractivity contribution in [1.29, 1.82) is 0 Å². The van der Waals surface area contributed by atoms with Gasteiger partial charge in [0.25, 0.3) is 5.82 Å². The molecule has 4 nitrogen and oxygen atoms in total. The molecule has 114 valence electrons. The predicted molar refractivity (Wildman–Crippen MR) is 75.3 cm³/mol. The van der Waals surface area contributed by atoms with Gasteiger partial charge in [-0.25, -0.2) is 0 Å². The van der Waals surface area contributed by atoms with Crippen molar-refractivity contribution in [1.82, 2.24) is 9.79 Å². The SMILES string of the molecule is CCO[N+](C)([O-])c1csc(-c2ccc(C(F)(F)F)cc2)n1. The van der Waals surface area contributed by atoms with Crippen LogP contribution in [-0.4, -0.2) is 18.6 Å². The van der Waals surface area contributed by atoms with E-state index < -0.39 is 16.5 Å². The Hall–Kier alpha value is -1.48. The number of nitrogens with zero attached hydrogens (tertiary/aromatic N) is 2. The zero-order valence-corrected chi connectivity index (χ0v) is 12.2. The van der Waals surface area contributed by atoms with E-state index in [4.69, 9.17) is 4.84 Å². The summed E-state index contributed by atoms with van der Waals surface area (Å²) >= 11 is 1.18. The number of alkyl halides is 3. The lowest BCUT2D eigenvalue weighted by Crippen LogP contribution is -2.38. The summed E-state index contributed by atoms with van der Waals surface area (Å²) in [5, 5.41) is 14.1. The van der Waals surface area contributed by atoms with E-state index in [1.807, 2.05) is 0 Å². The molecule has 0 spiro atoms. The standard InChI is InChI=1S/C13H13F3N2O2S/c1-3-20-18(2,19)11-8-21-12(17-11)9-4-6-10(7-5-9)13(14,15)16/h4-8H,3H2,1-2H3. The summed E-state index contributed by atoms with van der Waals surface area (Å²) in [6, 6.07) is 4.65. The van der Waals surface area contributed by atoms with Crippen molar-refractivity contribution < 1.29 is 18.0 Å². The van der Waals surface area contributed by atoms with Crippen molar-refractivity contribution >= 4 is 17.2 Å². The van der Waals surface area contributed by atoms with Crippen LogP contribution < -0.4 is 4.81 Å². The summed E-state index contributed by atoms with van der Waals surface area (Å²) in [6.07, 6.45) is -4.37. The molecule has 2 rings (SSSR count). The van der Waals surface area contributed by atoms with Crippen molar-refractivity contribution in [3.8, 4) is 10.6 Å². The fourth-order valence-corrected chi connectivity index (χ4v) is 2.58. The van der Waals surface area contributed by atoms with Gasteiger partial charge >= 0.3 is 6.18 Å². The Morgan fingerprint density at radius 1 is 1.29 bits per heavy atom. The minimum Gasteiger partial charge on any atom is -0.592 e. The summed E-state index contributed by atoms with van der Waals surface area (Å²) < 4.78 is 37.5. The van der Waals surface area contributed by atoms with Crippen LogP contribution in [0, 0.1) is 5.21 Å². The molecule has 0 aliphatic rings. The Kier molecular flexibility index (Phi) is 4.33. The normalized spacial score (nSPS) is 15.0. The molecule has 1 atom stereocenters. The highest BCUT2D eigenvalue weighted by atomic mass is 32.1. The Labute approximate surface area is 123 Å². The molecule has 0 amide bonds. The van der Waals surface area contributed by atoms with Crippen molar-refractivity contribution in [2.45, 2.75) is 13.1 Å². The van der Waals surface area contributed by atoms with Crippen LogP contribution in [0.1, 0.15) is 12.5 Å². The first-order chi connectivity index (χ1) is 9.74. The topological polar surface area (TPSA) is 45.2 Å². The van der Waals surface area contributed by atoms with Crippen molar-refractivity contribution in [2.24, 2.45) is 0 Å². The van der Waals surface area contributed by atoms with Gasteiger partial charge in [-0.3, -0.25) is 0 Å². The summed E-state index contributed by atoms with van der Waals surface area (Å²) in [5.41, 5.74) is -0.197. The quantitative estimate of drug-likeness (QED) is 0.626. The predicted octanol–water partition coefficient (Wildman–Crippen LogP) is 4.22. The molecule has 0 aliphatic carbocycles. The van der Waals surface area contributed by atoms with Gasteiger partial charge in [0, 0.05) is 5.56 Å². The molecule has 0 aliphatic heterocycles. The zero-order valence-electron chi connectivity index (χ0n) is 11.3. The lowest BCUT2D eigenvalue weighted by atomic mass is 10.1. The van der Waals surface area contributed by atoms with E-state index in [1.165, 1.54) is 35.9 Å². The second-order valence-electron chi connectivity index (χ2n) is 4.35. The maximum Gasteiger partial charge on any atom is 0.416 e. The highest BCUT2D eigenvalue weighted by molar-refractivity contribution is 7.13. The Morgan fingerprint density at radius 3 is 2.43 bits per heavy atom. The van der Waals surface area contributed by atoms with Gasteiger partial charge in [-0.2, -0.15) is 27.8 Å². The Balaban J connectivity index is 2.26. The minimum absolute atomic E-state index is 0.164. The first-order valence-electron chi connectivity index (χ1n) is 6.10. The second-order valence-corrected chi connectivity index (χ2v) is 5.21. The van der Waals surface area contributed by atoms with E-state index in [1.54, 1.807) is 6.92 Å². The molecule has 1 aromatic heterocycles. The number of benzene rings is 1. The van der Waals surface area contributed by atoms with E-state index in [0.717, 1.165) is 12.1 Å². The fourth-order valence-electron chi connectivity index (χ4n) is 1.70. The monoisotopic (exact) mass is 318 g/mol. The summed E-state index contributed by atoms with van der Waals surface area (Å²) in [7, 11) is 1.30. The number of hydroxylamine groups is 2. The van der Waals surface area contributed by atoms with E-state index in [-0.39, 0.29) is 12.4 Å². The van der Waals surface area contributed by atoms with E-state index in [2.05, 4.69) is 4.98 Å². The molecule has 0 saturated carbocycles. The number of aromatic nitrogens is 1. The van der Waals surface area contributed by atoms with Crippen LogP contribution in [0.2, 0.25) is 0 Å². The van der Waals surface area contributed by atoms with Gasteiger partial charge < -0.3 is 5.21 Å². The average Bonchev–Trinajstić information content (AvgIpc) is 2.88. The molecule has 0 fully saturated rings. The van der Waals surface area contributed by atoms with Gasteiger partial charge in [-0.15, -0.1) is 11.3 Å². The first kappa shape index (κ1) is 15.9. The lowest BCUT2D eigenvalue weighted by molar-refractivity contribution is -0.137. The maximum absolute atomic E-state index is 12.5. The van der Waals surface area contributed by atoms with E-state index >= 15 is 0 Å². The number of halogens is 3. The summed E-state index contributed by atoms with van der Waals surface area (Å²) in [6.45, 7) is 1.92. The maximum atomic E-state index is 12.5. The highest BCUT2D eigenvalue weighted by Crippen LogP contribution is 2.33. The second kappa shape index (κ2) is 5.72. The summed E-state index contributed by atoms with van der Waals surface area (Å²) in [5.74, 6) is 0.164. The first-order valence-corrected chi connectivity index (χ1v) is 6.98. The molecule has 21 heavy (non-hydrogen) atoms. The van der Waals surface area contributed by atoms with Gasteiger partial charge in [-0.05, 0) is 19.1 Å². The molecule has 1 heterocycles. The summed E-state index contributed by atoms with van der Waals surface area (Å²) in [4.78, 5) is 8.06. The largest absolute Gasteiger partial charge is 0.592 e. The third-order valence-corrected chi connectivity index (χ3v) is 3.62. The third kappa shape index (κ3) is 3.59. The highest BCUT2D eigenvalue weighted by Gasteiger charge is 2.30. The Morgan fingerprint density at radius 2 is 1.90 bits per heavy atom. The zero-order chi connectivity index (χ0) is 15.7. The molecule has 1 aromatic carbocycles. The van der Waals surface area contributed by atoms with Gasteiger partial charge in [0.1, 0.15) is 18.7 Å². The van der Waals surface area contributed by atoms with Crippen LogP contribution in [0.5, 0.6) is 0 Å². The van der Waals surface area contributed by atoms with Crippen molar-refractivity contribution in [3.05, 3.63) is 40.4 Å². The minimum atomic E-state index is -4.37. The van der Waals surface area contributed by atoms with Crippen LogP contribution in [-0.2, 0) is 11.0 Å². The lowest BCUT2D eigenvalue weighted by Gasteiger charge is -2.31. The third-order valence-electron chi connectivity index (χ3n) is 2.74. The van der Waals surface area contributed by atoms with Gasteiger partial charge in [-0.1, -0.05) is 12.1 Å². The number of hydrogen-bond acceptors (Lipinski definition) is 4. The molecule has 1 unspecified atom stereocenters. The molecular weight excluding hydrogens is 305 g/mol. The van der Waals surface area contributed by atoms with Crippen LogP contribution in [0.3, 0.4) is 0 Å². The van der Waals surface area contributed by atoms with Crippen LogP contribution >= 0.6 is 11.3 Å². The molecule has 8 heteroatoms. The molecule has 0 N–H and O–H groups in total. The number of rotatable bonds is 4. The number of thiazole rings is 1. The van der Waals surface area contributed by atoms with Crippen LogP contribution in [0.4, 0.5) is 19.0 Å². The molecule has 0 saturated heterocycles. The Bertz CT molecular complexity index is 609. The van der Waals surface area contributed by atoms with Gasteiger partial charge in [0.05, 0.1) is 10.9 Å². The van der Waals surface area contributed by atoms with Gasteiger partial charge in [0.2, 0.25) is 0 Å². The number of quaternary nitrogens is 1. The molecule has 2 aromatic rings. The van der Waals surface area contributed by atoms with Crippen LogP contribution in [0.15, 0.2) is 29.6 Å². The van der Waals surface area contributed by atoms with E-state index in [0.29, 0.717) is 10.6 Å². The fraction of sp³-hybridized carbons (Fsp3) is 0.308.